The lowest BCUT2D eigenvalue weighted by Gasteiger charge is -2.28. The van der Waals surface area contributed by atoms with Crippen LogP contribution in [0.5, 0.6) is 0 Å². The summed E-state index contributed by atoms with van der Waals surface area (Å²) in [5.74, 6) is 1.68. The first-order valence-electron chi connectivity index (χ1n) is 7.07. The van der Waals surface area contributed by atoms with Gasteiger partial charge >= 0.3 is 0 Å². The van der Waals surface area contributed by atoms with Gasteiger partial charge in [0.1, 0.15) is 0 Å². The molecule has 96 valence electrons. The zero-order valence-corrected chi connectivity index (χ0v) is 12.4. The molecule has 1 rings (SSSR count). The summed E-state index contributed by atoms with van der Waals surface area (Å²) >= 11 is 0. The molecule has 0 amide bonds. The lowest BCUT2D eigenvalue weighted by molar-refractivity contribution is 0.274. The Morgan fingerprint density at radius 2 is 1.38 bits per heavy atom. The van der Waals surface area contributed by atoms with Crippen molar-refractivity contribution < 1.29 is 0 Å². The van der Waals surface area contributed by atoms with Crippen molar-refractivity contribution in [2.24, 2.45) is 22.7 Å². The molecule has 0 aromatic rings. The molecule has 1 saturated carbocycles. The Balaban J connectivity index is 2.80. The Hall–Kier alpha value is -0.0400. The second kappa shape index (κ2) is 4.68. The van der Waals surface area contributed by atoms with Crippen LogP contribution in [0.1, 0.15) is 61.3 Å². The maximum Gasteiger partial charge on any atom is 0.0134 e. The van der Waals surface area contributed by atoms with Crippen LogP contribution in [-0.4, -0.2) is 12.6 Å². The summed E-state index contributed by atoms with van der Waals surface area (Å²) in [4.78, 5) is 0. The van der Waals surface area contributed by atoms with E-state index in [1.54, 1.807) is 0 Å². The van der Waals surface area contributed by atoms with Crippen molar-refractivity contribution in [3.05, 3.63) is 0 Å². The fourth-order valence-corrected chi connectivity index (χ4v) is 3.73. The largest absolute Gasteiger partial charge is 0.314 e. The molecule has 1 unspecified atom stereocenters. The molecule has 0 saturated heterocycles. The van der Waals surface area contributed by atoms with Crippen LogP contribution < -0.4 is 5.32 Å². The zero-order valence-electron chi connectivity index (χ0n) is 12.4. The molecular weight excluding hydrogens is 194 g/mol. The molecule has 1 atom stereocenters. The molecule has 1 N–H and O–H groups in total. The Morgan fingerprint density at radius 3 is 1.62 bits per heavy atom. The molecule has 0 spiro atoms. The fourth-order valence-electron chi connectivity index (χ4n) is 3.73. The van der Waals surface area contributed by atoms with E-state index >= 15 is 0 Å². The van der Waals surface area contributed by atoms with Crippen LogP contribution in [0.2, 0.25) is 0 Å². The standard InChI is InChI=1S/C15H31N/c1-8-11(9-2)12(16-10-3)13-14(4,5)15(13,6)7/h11-13,16H,8-10H2,1-7H3. The molecular formula is C15H31N. The van der Waals surface area contributed by atoms with Gasteiger partial charge in [-0.15, -0.1) is 0 Å². The van der Waals surface area contributed by atoms with Gasteiger partial charge in [0.2, 0.25) is 0 Å². The zero-order chi connectivity index (χ0) is 12.6. The fraction of sp³-hybridized carbons (Fsp3) is 1.00. The smallest absolute Gasteiger partial charge is 0.0134 e. The topological polar surface area (TPSA) is 12.0 Å². The summed E-state index contributed by atoms with van der Waals surface area (Å²) < 4.78 is 0. The second-order valence-corrected chi connectivity index (χ2v) is 6.58. The molecule has 0 heterocycles. The van der Waals surface area contributed by atoms with Crippen LogP contribution in [-0.2, 0) is 0 Å². The minimum absolute atomic E-state index is 0.502. The van der Waals surface area contributed by atoms with E-state index in [-0.39, 0.29) is 0 Å². The Labute approximate surface area is 102 Å². The van der Waals surface area contributed by atoms with Crippen molar-refractivity contribution in [2.75, 3.05) is 6.54 Å². The molecule has 0 aliphatic heterocycles. The van der Waals surface area contributed by atoms with Crippen molar-refractivity contribution in [3.63, 3.8) is 0 Å². The molecule has 1 aliphatic carbocycles. The van der Waals surface area contributed by atoms with E-state index in [9.17, 15) is 0 Å². The maximum atomic E-state index is 3.76. The van der Waals surface area contributed by atoms with Crippen molar-refractivity contribution in [1.82, 2.24) is 5.32 Å². The van der Waals surface area contributed by atoms with Gasteiger partial charge in [-0.1, -0.05) is 61.3 Å². The van der Waals surface area contributed by atoms with Gasteiger partial charge in [0.15, 0.2) is 0 Å². The third kappa shape index (κ3) is 2.03. The quantitative estimate of drug-likeness (QED) is 0.718. The van der Waals surface area contributed by atoms with E-state index < -0.39 is 0 Å². The van der Waals surface area contributed by atoms with E-state index in [0.717, 1.165) is 18.4 Å². The van der Waals surface area contributed by atoms with E-state index in [2.05, 4.69) is 53.8 Å². The van der Waals surface area contributed by atoms with Gasteiger partial charge in [-0.05, 0) is 29.2 Å². The third-order valence-corrected chi connectivity index (χ3v) is 5.49. The predicted octanol–water partition coefficient (Wildman–Crippen LogP) is 4.08. The van der Waals surface area contributed by atoms with Crippen LogP contribution in [0.25, 0.3) is 0 Å². The summed E-state index contributed by atoms with van der Waals surface area (Å²) in [6.07, 6.45) is 2.60. The van der Waals surface area contributed by atoms with E-state index in [1.165, 1.54) is 12.8 Å². The Morgan fingerprint density at radius 1 is 0.938 bits per heavy atom. The van der Waals surface area contributed by atoms with E-state index in [4.69, 9.17) is 0 Å². The molecule has 1 nitrogen and oxygen atoms in total. The first-order chi connectivity index (χ1) is 7.34. The van der Waals surface area contributed by atoms with Gasteiger partial charge in [-0.3, -0.25) is 0 Å². The van der Waals surface area contributed by atoms with Gasteiger partial charge in [0, 0.05) is 6.04 Å². The van der Waals surface area contributed by atoms with Crippen molar-refractivity contribution in [2.45, 2.75) is 67.3 Å². The highest BCUT2D eigenvalue weighted by atomic mass is 15.0. The van der Waals surface area contributed by atoms with Crippen LogP contribution in [0, 0.1) is 22.7 Å². The van der Waals surface area contributed by atoms with Crippen molar-refractivity contribution in [3.8, 4) is 0 Å². The van der Waals surface area contributed by atoms with Crippen molar-refractivity contribution in [1.29, 1.82) is 0 Å². The highest BCUT2D eigenvalue weighted by Crippen LogP contribution is 2.70. The van der Waals surface area contributed by atoms with Gasteiger partial charge < -0.3 is 5.32 Å². The highest BCUT2D eigenvalue weighted by Gasteiger charge is 2.67. The lowest BCUT2D eigenvalue weighted by Crippen LogP contribution is -2.39. The van der Waals surface area contributed by atoms with Crippen LogP contribution >= 0.6 is 0 Å². The SMILES string of the molecule is CCNC(C(CC)CC)C1C(C)(C)C1(C)C. The number of hydrogen-bond donors (Lipinski definition) is 1. The number of rotatable bonds is 6. The third-order valence-electron chi connectivity index (χ3n) is 5.49. The number of hydrogen-bond acceptors (Lipinski definition) is 1. The minimum Gasteiger partial charge on any atom is -0.314 e. The van der Waals surface area contributed by atoms with Gasteiger partial charge in [0.25, 0.3) is 0 Å². The second-order valence-electron chi connectivity index (χ2n) is 6.58. The molecule has 1 heteroatoms. The first-order valence-corrected chi connectivity index (χ1v) is 7.07. The van der Waals surface area contributed by atoms with Crippen LogP contribution in [0.4, 0.5) is 0 Å². The average molecular weight is 225 g/mol. The monoisotopic (exact) mass is 225 g/mol. The minimum atomic E-state index is 0.502. The lowest BCUT2D eigenvalue weighted by atomic mass is 9.87. The summed E-state index contributed by atoms with van der Waals surface area (Å²) in [5.41, 5.74) is 1.00. The van der Waals surface area contributed by atoms with E-state index in [0.29, 0.717) is 16.9 Å². The molecule has 1 aliphatic rings. The van der Waals surface area contributed by atoms with Gasteiger partial charge in [0.05, 0.1) is 0 Å². The molecule has 0 aromatic carbocycles. The van der Waals surface area contributed by atoms with Gasteiger partial charge in [-0.2, -0.15) is 0 Å². The Kier molecular flexibility index (Phi) is 4.10. The molecule has 16 heavy (non-hydrogen) atoms. The summed E-state index contributed by atoms with van der Waals surface area (Å²) in [6.45, 7) is 17.7. The molecule has 0 aromatic heterocycles. The number of nitrogens with one attached hydrogen (secondary N) is 1. The van der Waals surface area contributed by atoms with Crippen LogP contribution in [0.3, 0.4) is 0 Å². The van der Waals surface area contributed by atoms with Crippen molar-refractivity contribution >= 4 is 0 Å². The molecule has 1 fully saturated rings. The summed E-state index contributed by atoms with van der Waals surface area (Å²) in [7, 11) is 0. The first kappa shape index (κ1) is 14.0. The highest BCUT2D eigenvalue weighted by molar-refractivity contribution is 5.17. The van der Waals surface area contributed by atoms with Gasteiger partial charge in [-0.25, -0.2) is 0 Å². The maximum absolute atomic E-state index is 3.76. The predicted molar refractivity (Wildman–Crippen MR) is 72.6 cm³/mol. The normalized spacial score (nSPS) is 24.8. The average Bonchev–Trinajstić information content (AvgIpc) is 2.58. The summed E-state index contributed by atoms with van der Waals surface area (Å²) in [5, 5.41) is 3.76. The molecule has 0 bridgehead atoms. The van der Waals surface area contributed by atoms with E-state index in [1.807, 2.05) is 0 Å². The molecule has 0 radical (unpaired) electrons. The van der Waals surface area contributed by atoms with Crippen LogP contribution in [0.15, 0.2) is 0 Å². The Bertz CT molecular complexity index is 212. The summed E-state index contributed by atoms with van der Waals surface area (Å²) in [6, 6.07) is 0.713.